The van der Waals surface area contributed by atoms with Crippen LogP contribution in [0.4, 0.5) is 0 Å². The minimum atomic E-state index is -1.96. The molecule has 0 aromatic carbocycles. The lowest BCUT2D eigenvalue weighted by Crippen LogP contribution is -2.57. The number of nitrogens with one attached hydrogen (secondary N) is 1. The van der Waals surface area contributed by atoms with Crippen molar-refractivity contribution in [3.8, 4) is 0 Å². The zero-order chi connectivity index (χ0) is 15.5. The zero-order valence-electron chi connectivity index (χ0n) is 11.0. The molecule has 0 aromatic rings. The van der Waals surface area contributed by atoms with Crippen molar-refractivity contribution in [1.29, 1.82) is 0 Å². The van der Waals surface area contributed by atoms with Crippen LogP contribution >= 0.6 is 45.2 Å². The van der Waals surface area contributed by atoms with E-state index in [0.29, 0.717) is 15.7 Å². The number of aliphatic carboxylic acids is 1. The number of unbranched alkanes of at least 4 members (excludes halogenated alkanes) is 1. The van der Waals surface area contributed by atoms with Crippen molar-refractivity contribution < 1.29 is 24.2 Å². The van der Waals surface area contributed by atoms with Gasteiger partial charge in [0, 0.05) is 9.28 Å². The van der Waals surface area contributed by atoms with E-state index in [1.165, 1.54) is 0 Å². The number of carbonyl (C=O) groups excluding carboxylic acids is 2. The Morgan fingerprint density at radius 2 is 2.10 bits per heavy atom. The highest BCUT2D eigenvalue weighted by molar-refractivity contribution is 14.1. The van der Waals surface area contributed by atoms with E-state index in [1.807, 2.05) is 29.5 Å². The van der Waals surface area contributed by atoms with Crippen LogP contribution in [0, 0.1) is 5.41 Å². The summed E-state index contributed by atoms with van der Waals surface area (Å²) in [5.41, 5.74) is -1.46. The summed E-state index contributed by atoms with van der Waals surface area (Å²) < 4.78 is 3.92. The molecule has 1 heterocycles. The van der Waals surface area contributed by atoms with E-state index in [4.69, 9.17) is 0 Å². The number of ether oxygens (including phenoxy) is 1. The first kappa shape index (κ1) is 17.7. The van der Waals surface area contributed by atoms with Crippen LogP contribution in [0.25, 0.3) is 0 Å². The number of amides is 1. The summed E-state index contributed by atoms with van der Waals surface area (Å²) in [4.78, 5) is 35.9. The summed E-state index contributed by atoms with van der Waals surface area (Å²) in [5, 5.41) is 12.3. The molecule has 1 rings (SSSR count). The Morgan fingerprint density at radius 3 is 2.55 bits per heavy atom. The van der Waals surface area contributed by atoms with Crippen molar-refractivity contribution in [3.63, 3.8) is 0 Å². The molecule has 20 heavy (non-hydrogen) atoms. The number of rotatable bonds is 5. The Labute approximate surface area is 144 Å². The van der Waals surface area contributed by atoms with Gasteiger partial charge < -0.3 is 15.2 Å². The van der Waals surface area contributed by atoms with Gasteiger partial charge in [-0.05, 0) is 35.4 Å². The summed E-state index contributed by atoms with van der Waals surface area (Å²) in [6.07, 6.45) is 2.22. The van der Waals surface area contributed by atoms with E-state index in [-0.39, 0.29) is 0 Å². The Hall–Kier alpha value is -0.390. The van der Waals surface area contributed by atoms with Gasteiger partial charge >= 0.3 is 11.9 Å². The summed E-state index contributed by atoms with van der Waals surface area (Å²) in [5.74, 6) is -2.76. The fourth-order valence-electron chi connectivity index (χ4n) is 1.98. The second kappa shape index (κ2) is 7.05. The van der Waals surface area contributed by atoms with Crippen LogP contribution in [-0.2, 0) is 19.1 Å². The molecule has 1 amide bonds. The second-order valence-corrected chi connectivity index (χ2v) is 6.68. The Morgan fingerprint density at radius 1 is 1.50 bits per heavy atom. The molecule has 2 atom stereocenters. The number of allylic oxidation sites excluding steroid dienone is 1. The van der Waals surface area contributed by atoms with Crippen LogP contribution in [-0.4, -0.2) is 34.0 Å². The summed E-state index contributed by atoms with van der Waals surface area (Å²) in [7, 11) is 1.12. The monoisotopic (exact) mass is 507 g/mol. The quantitative estimate of drug-likeness (QED) is 0.257. The number of alkyl halides is 1. The smallest absolute Gasteiger partial charge is 0.330 e. The molecule has 0 saturated heterocycles. The molecule has 8 heteroatoms. The van der Waals surface area contributed by atoms with Gasteiger partial charge in [0.25, 0.3) is 0 Å². The number of methoxy groups -OCH3 is 1. The van der Waals surface area contributed by atoms with Crippen LogP contribution < -0.4 is 5.32 Å². The van der Waals surface area contributed by atoms with Gasteiger partial charge in [-0.3, -0.25) is 14.4 Å². The first-order valence-electron chi connectivity index (χ1n) is 5.99. The molecular weight excluding hydrogens is 492 g/mol. The first-order chi connectivity index (χ1) is 9.33. The lowest BCUT2D eigenvalue weighted by molar-refractivity contribution is -0.164. The number of hydrogen-bond acceptors (Lipinski definition) is 4. The molecule has 1 aliphatic heterocycles. The molecule has 0 radical (unpaired) electrons. The molecule has 0 aromatic heterocycles. The summed E-state index contributed by atoms with van der Waals surface area (Å²) >= 11 is 3.51. The van der Waals surface area contributed by atoms with Crippen LogP contribution in [0.15, 0.2) is 9.28 Å². The third kappa shape index (κ3) is 2.81. The SMILES string of the molecule is CCCCC1=C(I)C(C(=O)O)(C(=O)OC)C(I)C(=O)N1. The van der Waals surface area contributed by atoms with Gasteiger partial charge in [-0.1, -0.05) is 35.9 Å². The number of carboxylic acid groups (broad SMARTS) is 1. The molecule has 0 saturated carbocycles. The molecular formula is C12H15I2NO5. The number of hydrogen-bond donors (Lipinski definition) is 2. The first-order valence-corrected chi connectivity index (χ1v) is 8.32. The maximum absolute atomic E-state index is 12.1. The average Bonchev–Trinajstić information content (AvgIpc) is 2.41. The standard InChI is InChI=1S/C12H15I2NO5/c1-3-4-5-6-7(13)12(10(17)18,11(19)20-2)8(14)9(16)15-6/h8H,3-5H2,1-2H3,(H,15,16)(H,17,18). The number of carboxylic acids is 1. The Kier molecular flexibility index (Phi) is 6.23. The average molecular weight is 507 g/mol. The Balaban J connectivity index is 3.45. The van der Waals surface area contributed by atoms with Gasteiger partial charge in [-0.25, -0.2) is 0 Å². The third-order valence-electron chi connectivity index (χ3n) is 3.12. The number of carbonyl (C=O) groups is 3. The zero-order valence-corrected chi connectivity index (χ0v) is 15.3. The predicted molar refractivity (Wildman–Crippen MR) is 88.6 cm³/mol. The van der Waals surface area contributed by atoms with E-state index < -0.39 is 27.2 Å². The topological polar surface area (TPSA) is 92.7 Å². The van der Waals surface area contributed by atoms with Gasteiger partial charge in [-0.2, -0.15) is 0 Å². The molecule has 0 aliphatic carbocycles. The summed E-state index contributed by atoms with van der Waals surface area (Å²) in [6.45, 7) is 1.99. The van der Waals surface area contributed by atoms with Crippen molar-refractivity contribution in [2.75, 3.05) is 7.11 Å². The predicted octanol–water partition coefficient (Wildman–Crippen LogP) is 2.00. The largest absolute Gasteiger partial charge is 0.480 e. The van der Waals surface area contributed by atoms with Gasteiger partial charge in [0.05, 0.1) is 7.11 Å². The van der Waals surface area contributed by atoms with E-state index in [1.54, 1.807) is 22.6 Å². The van der Waals surface area contributed by atoms with E-state index in [0.717, 1.165) is 20.0 Å². The highest BCUT2D eigenvalue weighted by atomic mass is 127. The van der Waals surface area contributed by atoms with E-state index in [9.17, 15) is 19.5 Å². The maximum Gasteiger partial charge on any atom is 0.330 e. The molecule has 2 unspecified atom stereocenters. The molecule has 1 aliphatic rings. The van der Waals surface area contributed by atoms with Crippen LogP contribution in [0.5, 0.6) is 0 Å². The van der Waals surface area contributed by atoms with Crippen molar-refractivity contribution in [2.45, 2.75) is 30.1 Å². The van der Waals surface area contributed by atoms with Crippen LogP contribution in [0.3, 0.4) is 0 Å². The van der Waals surface area contributed by atoms with Crippen molar-refractivity contribution in [2.24, 2.45) is 5.41 Å². The van der Waals surface area contributed by atoms with Gasteiger partial charge in [-0.15, -0.1) is 0 Å². The summed E-state index contributed by atoms with van der Waals surface area (Å²) in [6, 6.07) is 0. The highest BCUT2D eigenvalue weighted by Gasteiger charge is 2.61. The van der Waals surface area contributed by atoms with E-state index in [2.05, 4.69) is 10.1 Å². The minimum Gasteiger partial charge on any atom is -0.480 e. The molecule has 0 spiro atoms. The fraction of sp³-hybridized carbons (Fsp3) is 0.583. The Bertz CT molecular complexity index is 476. The highest BCUT2D eigenvalue weighted by Crippen LogP contribution is 2.46. The molecule has 0 bridgehead atoms. The minimum absolute atomic E-state index is 0.321. The second-order valence-electron chi connectivity index (χ2n) is 4.35. The maximum atomic E-state index is 12.1. The number of halogens is 2. The fourth-order valence-corrected chi connectivity index (χ4v) is 4.73. The molecule has 6 nitrogen and oxygen atoms in total. The van der Waals surface area contributed by atoms with E-state index >= 15 is 0 Å². The lowest BCUT2D eigenvalue weighted by atomic mass is 9.80. The van der Waals surface area contributed by atoms with Crippen LogP contribution in [0.1, 0.15) is 26.2 Å². The normalized spacial score (nSPS) is 26.2. The van der Waals surface area contributed by atoms with Crippen LogP contribution in [0.2, 0.25) is 0 Å². The van der Waals surface area contributed by atoms with Crippen molar-refractivity contribution >= 4 is 63.0 Å². The lowest BCUT2D eigenvalue weighted by Gasteiger charge is -2.36. The van der Waals surface area contributed by atoms with Crippen molar-refractivity contribution in [3.05, 3.63) is 9.28 Å². The number of esters is 1. The van der Waals surface area contributed by atoms with Gasteiger partial charge in [0.1, 0.15) is 3.92 Å². The van der Waals surface area contributed by atoms with Crippen molar-refractivity contribution in [1.82, 2.24) is 5.32 Å². The van der Waals surface area contributed by atoms with Gasteiger partial charge in [0.15, 0.2) is 0 Å². The van der Waals surface area contributed by atoms with Gasteiger partial charge in [0.2, 0.25) is 11.3 Å². The molecule has 0 fully saturated rings. The molecule has 2 N–H and O–H groups in total. The molecule has 112 valence electrons. The third-order valence-corrected chi connectivity index (χ3v) is 6.12.